The molecule has 0 radical (unpaired) electrons. The van der Waals surface area contributed by atoms with E-state index in [1.165, 1.54) is 35.2 Å². The lowest BCUT2D eigenvalue weighted by atomic mass is 10.3. The molecule has 8 heteroatoms. The number of para-hydroxylation sites is 1. The Morgan fingerprint density at radius 2 is 2.14 bits per heavy atom. The van der Waals surface area contributed by atoms with Gasteiger partial charge in [-0.1, -0.05) is 23.9 Å². The van der Waals surface area contributed by atoms with Crippen LogP contribution in [-0.2, 0) is 16.0 Å². The summed E-state index contributed by atoms with van der Waals surface area (Å²) in [5, 5.41) is 12.8. The van der Waals surface area contributed by atoms with E-state index in [1.807, 2.05) is 0 Å². The number of hydrogen-bond acceptors (Lipinski definition) is 5. The molecular formula is C13H11FN2O3S2. The molecule has 1 amide bonds. The summed E-state index contributed by atoms with van der Waals surface area (Å²) < 4.78 is 14.0. The first kappa shape index (κ1) is 15.5. The number of carboxylic acid groups (broad SMARTS) is 1. The molecular weight excluding hydrogens is 315 g/mol. The zero-order valence-corrected chi connectivity index (χ0v) is 12.3. The highest BCUT2D eigenvalue weighted by Gasteiger charge is 2.10. The average Bonchev–Trinajstić information content (AvgIpc) is 2.86. The summed E-state index contributed by atoms with van der Waals surface area (Å²) in [5.74, 6) is -1.71. The smallest absolute Gasteiger partial charge is 0.309 e. The third-order valence-electron chi connectivity index (χ3n) is 2.34. The molecule has 0 atom stereocenters. The van der Waals surface area contributed by atoms with Crippen LogP contribution in [-0.4, -0.2) is 27.7 Å². The summed E-state index contributed by atoms with van der Waals surface area (Å²) in [6, 6.07) is 5.91. The molecule has 0 spiro atoms. The number of nitrogens with zero attached hydrogens (tertiary/aromatic N) is 1. The van der Waals surface area contributed by atoms with Crippen molar-refractivity contribution in [1.82, 2.24) is 4.98 Å². The molecule has 0 saturated heterocycles. The number of carbonyl (C=O) groups excluding carboxylic acids is 1. The van der Waals surface area contributed by atoms with E-state index >= 15 is 0 Å². The van der Waals surface area contributed by atoms with Gasteiger partial charge in [0, 0.05) is 5.38 Å². The lowest BCUT2D eigenvalue weighted by Gasteiger charge is -2.04. The van der Waals surface area contributed by atoms with Gasteiger partial charge in [-0.2, -0.15) is 0 Å². The molecule has 21 heavy (non-hydrogen) atoms. The van der Waals surface area contributed by atoms with Gasteiger partial charge in [0.25, 0.3) is 0 Å². The van der Waals surface area contributed by atoms with Gasteiger partial charge in [0.2, 0.25) is 5.91 Å². The van der Waals surface area contributed by atoms with Gasteiger partial charge in [-0.05, 0) is 12.1 Å². The van der Waals surface area contributed by atoms with Crippen LogP contribution in [0.1, 0.15) is 5.69 Å². The van der Waals surface area contributed by atoms with Gasteiger partial charge >= 0.3 is 5.97 Å². The number of aliphatic carboxylic acids is 1. The summed E-state index contributed by atoms with van der Waals surface area (Å²) in [6.07, 6.45) is -0.140. The Labute approximate surface area is 128 Å². The summed E-state index contributed by atoms with van der Waals surface area (Å²) in [5.41, 5.74) is 0.596. The van der Waals surface area contributed by atoms with Crippen molar-refractivity contribution in [3.05, 3.63) is 41.2 Å². The number of benzene rings is 1. The highest BCUT2D eigenvalue weighted by molar-refractivity contribution is 8.01. The predicted octanol–water partition coefficient (Wildman–Crippen LogP) is 2.64. The monoisotopic (exact) mass is 326 g/mol. The number of aromatic nitrogens is 1. The van der Waals surface area contributed by atoms with Crippen LogP contribution >= 0.6 is 23.1 Å². The Morgan fingerprint density at radius 1 is 1.38 bits per heavy atom. The van der Waals surface area contributed by atoms with E-state index in [1.54, 1.807) is 17.5 Å². The number of thiazole rings is 1. The number of halogens is 1. The van der Waals surface area contributed by atoms with Gasteiger partial charge in [-0.25, -0.2) is 9.37 Å². The zero-order valence-electron chi connectivity index (χ0n) is 10.7. The fourth-order valence-electron chi connectivity index (χ4n) is 1.47. The van der Waals surface area contributed by atoms with Crippen LogP contribution in [0.2, 0.25) is 0 Å². The van der Waals surface area contributed by atoms with Gasteiger partial charge in [-0.15, -0.1) is 11.3 Å². The van der Waals surface area contributed by atoms with Crippen molar-refractivity contribution in [3.63, 3.8) is 0 Å². The SMILES string of the molecule is O=C(O)Cc1csc(SCC(=O)Nc2ccccc2F)n1. The average molecular weight is 326 g/mol. The number of carboxylic acids is 1. The second kappa shape index (κ2) is 7.19. The molecule has 2 aromatic rings. The van der Waals surface area contributed by atoms with Crippen molar-refractivity contribution in [1.29, 1.82) is 0 Å². The Morgan fingerprint density at radius 3 is 2.86 bits per heavy atom. The third kappa shape index (κ3) is 4.83. The Hall–Kier alpha value is -1.93. The molecule has 1 aromatic heterocycles. The molecule has 0 unspecified atom stereocenters. The van der Waals surface area contributed by atoms with Crippen molar-refractivity contribution in [2.75, 3.05) is 11.1 Å². The van der Waals surface area contributed by atoms with Crippen LogP contribution in [0.4, 0.5) is 10.1 Å². The first-order chi connectivity index (χ1) is 10.0. The first-order valence-corrected chi connectivity index (χ1v) is 7.74. The number of carbonyl (C=O) groups is 2. The van der Waals surface area contributed by atoms with Crippen molar-refractivity contribution in [3.8, 4) is 0 Å². The van der Waals surface area contributed by atoms with Crippen molar-refractivity contribution in [2.45, 2.75) is 10.8 Å². The molecule has 0 saturated carbocycles. The summed E-state index contributed by atoms with van der Waals surface area (Å²) in [7, 11) is 0. The molecule has 110 valence electrons. The maximum atomic E-state index is 13.4. The van der Waals surface area contributed by atoms with Gasteiger partial charge in [0.1, 0.15) is 5.82 Å². The lowest BCUT2D eigenvalue weighted by molar-refractivity contribution is -0.136. The molecule has 0 aliphatic heterocycles. The van der Waals surface area contributed by atoms with Crippen LogP contribution in [0.5, 0.6) is 0 Å². The Bertz CT molecular complexity index is 660. The number of thioether (sulfide) groups is 1. The van der Waals surface area contributed by atoms with Crippen LogP contribution in [0.25, 0.3) is 0 Å². The highest BCUT2D eigenvalue weighted by atomic mass is 32.2. The molecule has 2 rings (SSSR count). The minimum Gasteiger partial charge on any atom is -0.481 e. The standard InChI is InChI=1S/C13H11FN2O3S2/c14-9-3-1-2-4-10(9)16-11(17)7-21-13-15-8(6-20-13)5-12(18)19/h1-4,6H,5,7H2,(H,16,17)(H,18,19). The fourth-order valence-corrected chi connectivity index (χ4v) is 3.11. The molecule has 2 N–H and O–H groups in total. The number of amides is 1. The largest absolute Gasteiger partial charge is 0.481 e. The van der Waals surface area contributed by atoms with E-state index in [2.05, 4.69) is 10.3 Å². The van der Waals surface area contributed by atoms with Gasteiger partial charge in [0.05, 0.1) is 23.6 Å². The molecule has 0 aliphatic rings. The Balaban J connectivity index is 1.85. The number of anilines is 1. The quantitative estimate of drug-likeness (QED) is 0.798. The third-order valence-corrected chi connectivity index (χ3v) is 4.41. The van der Waals surface area contributed by atoms with E-state index in [-0.39, 0.29) is 23.8 Å². The number of rotatable bonds is 6. The van der Waals surface area contributed by atoms with Crippen LogP contribution in [0.3, 0.4) is 0 Å². The summed E-state index contributed by atoms with van der Waals surface area (Å²) >= 11 is 2.46. The van der Waals surface area contributed by atoms with E-state index in [0.29, 0.717) is 10.0 Å². The Kier molecular flexibility index (Phi) is 5.29. The minimum atomic E-state index is -0.950. The maximum Gasteiger partial charge on any atom is 0.309 e. The lowest BCUT2D eigenvalue weighted by Crippen LogP contribution is -2.14. The van der Waals surface area contributed by atoms with Crippen LogP contribution in [0.15, 0.2) is 34.0 Å². The van der Waals surface area contributed by atoms with Gasteiger partial charge in [0.15, 0.2) is 4.34 Å². The predicted molar refractivity (Wildman–Crippen MR) is 79.2 cm³/mol. The minimum absolute atomic E-state index is 0.0777. The second-order valence-electron chi connectivity index (χ2n) is 3.99. The molecule has 0 bridgehead atoms. The van der Waals surface area contributed by atoms with E-state index in [9.17, 15) is 14.0 Å². The van der Waals surface area contributed by atoms with E-state index < -0.39 is 11.8 Å². The second-order valence-corrected chi connectivity index (χ2v) is 6.07. The van der Waals surface area contributed by atoms with E-state index in [4.69, 9.17) is 5.11 Å². The fraction of sp³-hybridized carbons (Fsp3) is 0.154. The molecule has 1 aromatic carbocycles. The number of nitrogens with one attached hydrogen (secondary N) is 1. The van der Waals surface area contributed by atoms with Crippen molar-refractivity contribution >= 4 is 40.7 Å². The summed E-state index contributed by atoms with van der Waals surface area (Å²) in [4.78, 5) is 26.3. The van der Waals surface area contributed by atoms with Gasteiger partial charge in [-0.3, -0.25) is 9.59 Å². The van der Waals surface area contributed by atoms with Crippen molar-refractivity contribution in [2.24, 2.45) is 0 Å². The summed E-state index contributed by atoms with van der Waals surface area (Å²) in [6.45, 7) is 0. The molecule has 1 heterocycles. The zero-order chi connectivity index (χ0) is 15.2. The molecule has 0 aliphatic carbocycles. The van der Waals surface area contributed by atoms with Gasteiger partial charge < -0.3 is 10.4 Å². The van der Waals surface area contributed by atoms with Crippen molar-refractivity contribution < 1.29 is 19.1 Å². The van der Waals surface area contributed by atoms with Crippen LogP contribution < -0.4 is 5.32 Å². The first-order valence-electron chi connectivity index (χ1n) is 5.88. The normalized spacial score (nSPS) is 10.3. The molecule has 0 fully saturated rings. The highest BCUT2D eigenvalue weighted by Crippen LogP contribution is 2.23. The maximum absolute atomic E-state index is 13.4. The van der Waals surface area contributed by atoms with Crippen LogP contribution in [0, 0.1) is 5.82 Å². The topological polar surface area (TPSA) is 79.3 Å². The van der Waals surface area contributed by atoms with E-state index in [0.717, 1.165) is 0 Å². The molecule has 5 nitrogen and oxygen atoms in total. The number of hydrogen-bond donors (Lipinski definition) is 2.